The molecule has 0 aliphatic heterocycles. The molecule has 0 aromatic heterocycles. The van der Waals surface area contributed by atoms with Gasteiger partial charge in [-0.15, -0.1) is 26.3 Å². The van der Waals surface area contributed by atoms with E-state index in [1.807, 2.05) is 48.6 Å². The first-order valence-corrected chi connectivity index (χ1v) is 15.1. The molecule has 0 saturated carbocycles. The second kappa shape index (κ2) is 11.7. The Morgan fingerprint density at radius 2 is 0.871 bits per heavy atom. The first-order valence-electron chi connectivity index (χ1n) is 10.5. The SMILES string of the molecule is C=CC[Si](CC=C)(O[Si](CC=C)(CC=C)c1ccc(OC)cc1)c1ccc(OC)cc1. The molecule has 164 valence electrons. The van der Waals surface area contributed by atoms with Crippen molar-refractivity contribution in [2.45, 2.75) is 24.2 Å². The average Bonchev–Trinajstić information content (AvgIpc) is 2.79. The second-order valence-electron chi connectivity index (χ2n) is 7.52. The minimum Gasteiger partial charge on any atom is -0.497 e. The molecule has 0 saturated heterocycles. The van der Waals surface area contributed by atoms with Crippen molar-refractivity contribution in [3.05, 3.63) is 99.2 Å². The van der Waals surface area contributed by atoms with Gasteiger partial charge in [0.15, 0.2) is 0 Å². The number of methoxy groups -OCH3 is 2. The first-order chi connectivity index (χ1) is 15.0. The highest BCUT2D eigenvalue weighted by Crippen LogP contribution is 2.30. The van der Waals surface area contributed by atoms with Gasteiger partial charge in [-0.1, -0.05) is 48.6 Å². The van der Waals surface area contributed by atoms with Gasteiger partial charge in [0.1, 0.15) is 11.5 Å². The molecule has 0 heterocycles. The van der Waals surface area contributed by atoms with Crippen LogP contribution in [0.4, 0.5) is 0 Å². The van der Waals surface area contributed by atoms with Crippen molar-refractivity contribution in [2.24, 2.45) is 0 Å². The molecule has 0 aliphatic carbocycles. The number of allylic oxidation sites excluding steroid dienone is 4. The van der Waals surface area contributed by atoms with Crippen LogP contribution >= 0.6 is 0 Å². The summed E-state index contributed by atoms with van der Waals surface area (Å²) in [6, 6.07) is 19.7. The lowest BCUT2D eigenvalue weighted by atomic mass is 10.3. The van der Waals surface area contributed by atoms with Gasteiger partial charge < -0.3 is 13.6 Å². The number of ether oxygens (including phenoxy) is 2. The Hall–Kier alpha value is -2.61. The summed E-state index contributed by atoms with van der Waals surface area (Å²) in [4.78, 5) is 0. The summed E-state index contributed by atoms with van der Waals surface area (Å²) in [7, 11) is -1.60. The zero-order chi connectivity index (χ0) is 22.7. The van der Waals surface area contributed by atoms with Gasteiger partial charge in [-0.3, -0.25) is 0 Å². The van der Waals surface area contributed by atoms with Crippen molar-refractivity contribution in [2.75, 3.05) is 14.2 Å². The molecule has 0 unspecified atom stereocenters. The Kier molecular flexibility index (Phi) is 9.30. The Labute approximate surface area is 189 Å². The van der Waals surface area contributed by atoms with E-state index in [4.69, 9.17) is 13.6 Å². The molecule has 2 aromatic rings. The van der Waals surface area contributed by atoms with Crippen LogP contribution < -0.4 is 19.8 Å². The van der Waals surface area contributed by atoms with E-state index in [0.29, 0.717) is 0 Å². The zero-order valence-corrected chi connectivity index (χ0v) is 20.8. The minimum absolute atomic E-state index is 0.796. The van der Waals surface area contributed by atoms with E-state index in [0.717, 1.165) is 35.7 Å². The predicted molar refractivity (Wildman–Crippen MR) is 138 cm³/mol. The molecule has 0 N–H and O–H groups in total. The van der Waals surface area contributed by atoms with Crippen LogP contribution in [-0.2, 0) is 4.12 Å². The number of rotatable bonds is 14. The van der Waals surface area contributed by atoms with E-state index >= 15 is 0 Å². The smallest absolute Gasteiger partial charge is 0.220 e. The summed E-state index contributed by atoms with van der Waals surface area (Å²) >= 11 is 0. The summed E-state index contributed by atoms with van der Waals surface area (Å²) in [5.41, 5.74) is 0. The maximum Gasteiger partial charge on any atom is 0.220 e. The maximum absolute atomic E-state index is 7.42. The molecule has 3 nitrogen and oxygen atoms in total. The molecule has 2 aromatic carbocycles. The van der Waals surface area contributed by atoms with Gasteiger partial charge in [-0.05, 0) is 58.8 Å². The summed E-state index contributed by atoms with van der Waals surface area (Å²) < 4.78 is 18.2. The van der Waals surface area contributed by atoms with Crippen molar-refractivity contribution in [3.63, 3.8) is 0 Å². The molecule has 0 aliphatic rings. The van der Waals surface area contributed by atoms with Crippen LogP contribution in [0.2, 0.25) is 24.2 Å². The summed E-state index contributed by atoms with van der Waals surface area (Å²) in [5, 5.41) is 2.43. The molecule has 5 heteroatoms. The highest BCUT2D eigenvalue weighted by Gasteiger charge is 2.45. The fourth-order valence-electron chi connectivity index (χ4n) is 4.02. The van der Waals surface area contributed by atoms with Crippen LogP contribution in [-0.4, -0.2) is 30.9 Å². The Bertz CT molecular complexity index is 779. The van der Waals surface area contributed by atoms with Crippen molar-refractivity contribution in [1.29, 1.82) is 0 Å². The van der Waals surface area contributed by atoms with Gasteiger partial charge in [0, 0.05) is 0 Å². The molecule has 0 bridgehead atoms. The topological polar surface area (TPSA) is 27.7 Å². The third kappa shape index (κ3) is 5.76. The summed E-state index contributed by atoms with van der Waals surface area (Å²) in [6.45, 7) is 16.2. The van der Waals surface area contributed by atoms with Crippen LogP contribution in [0.5, 0.6) is 11.5 Å². The van der Waals surface area contributed by atoms with Crippen LogP contribution in [0.1, 0.15) is 0 Å². The lowest BCUT2D eigenvalue weighted by molar-refractivity contribution is 0.415. The maximum atomic E-state index is 7.42. The molecule has 0 amide bonds. The van der Waals surface area contributed by atoms with E-state index < -0.39 is 16.6 Å². The quantitative estimate of drug-likeness (QED) is 0.282. The van der Waals surface area contributed by atoms with Gasteiger partial charge >= 0.3 is 0 Å². The highest BCUT2D eigenvalue weighted by molar-refractivity contribution is 6.99. The Balaban J connectivity index is 2.66. The molecular formula is C26H34O3Si2. The zero-order valence-electron chi connectivity index (χ0n) is 18.8. The van der Waals surface area contributed by atoms with E-state index in [1.165, 1.54) is 10.4 Å². The van der Waals surface area contributed by atoms with Crippen LogP contribution in [0.3, 0.4) is 0 Å². The van der Waals surface area contributed by atoms with Crippen molar-refractivity contribution >= 4 is 27.0 Å². The van der Waals surface area contributed by atoms with Crippen LogP contribution in [0.25, 0.3) is 0 Å². The fraction of sp³-hybridized carbons (Fsp3) is 0.231. The van der Waals surface area contributed by atoms with E-state index in [-0.39, 0.29) is 0 Å². The number of hydrogen-bond acceptors (Lipinski definition) is 3. The fourth-order valence-corrected chi connectivity index (χ4v) is 14.0. The van der Waals surface area contributed by atoms with E-state index in [1.54, 1.807) is 14.2 Å². The predicted octanol–water partition coefficient (Wildman–Crippen LogP) is 5.47. The van der Waals surface area contributed by atoms with Gasteiger partial charge in [-0.25, -0.2) is 0 Å². The first kappa shape index (κ1) is 24.7. The molecule has 0 spiro atoms. The number of benzene rings is 2. The normalized spacial score (nSPS) is 11.4. The third-order valence-electron chi connectivity index (χ3n) is 5.52. The monoisotopic (exact) mass is 450 g/mol. The van der Waals surface area contributed by atoms with Crippen LogP contribution in [0.15, 0.2) is 99.2 Å². The van der Waals surface area contributed by atoms with E-state index in [2.05, 4.69) is 50.6 Å². The van der Waals surface area contributed by atoms with Crippen molar-refractivity contribution in [3.8, 4) is 11.5 Å². The molecule has 2 rings (SSSR count). The molecule has 0 radical (unpaired) electrons. The van der Waals surface area contributed by atoms with Gasteiger partial charge in [0.25, 0.3) is 0 Å². The minimum atomic E-state index is -2.48. The third-order valence-corrected chi connectivity index (χ3v) is 15.2. The average molecular weight is 451 g/mol. The Morgan fingerprint density at radius 3 is 1.10 bits per heavy atom. The molecule has 0 atom stereocenters. The molecule has 0 fully saturated rings. The van der Waals surface area contributed by atoms with E-state index in [9.17, 15) is 0 Å². The Morgan fingerprint density at radius 1 is 0.581 bits per heavy atom. The second-order valence-corrected chi connectivity index (χ2v) is 15.1. The van der Waals surface area contributed by atoms with Crippen molar-refractivity contribution in [1.82, 2.24) is 0 Å². The highest BCUT2D eigenvalue weighted by atomic mass is 28.4. The summed E-state index contributed by atoms with van der Waals surface area (Å²) in [5.74, 6) is 1.67. The molecular weight excluding hydrogens is 416 g/mol. The largest absolute Gasteiger partial charge is 0.497 e. The summed E-state index contributed by atoms with van der Waals surface area (Å²) in [6.07, 6.45) is 7.92. The van der Waals surface area contributed by atoms with Gasteiger partial charge in [0.2, 0.25) is 16.6 Å². The standard InChI is InChI=1S/C26H34O3Si2/c1-7-19-30(20-8-2,25-15-11-23(27-5)12-16-25)29-31(21-9-3,22-10-4)26-17-13-24(28-6)14-18-26/h7-18H,1-4,19-22H2,5-6H3. The number of hydrogen-bond donors (Lipinski definition) is 0. The van der Waals surface area contributed by atoms with Gasteiger partial charge in [0.05, 0.1) is 14.2 Å². The van der Waals surface area contributed by atoms with Crippen molar-refractivity contribution < 1.29 is 13.6 Å². The molecule has 31 heavy (non-hydrogen) atoms. The lowest BCUT2D eigenvalue weighted by Crippen LogP contribution is -2.62. The lowest BCUT2D eigenvalue weighted by Gasteiger charge is -2.42. The van der Waals surface area contributed by atoms with Gasteiger partial charge in [-0.2, -0.15) is 0 Å². The van der Waals surface area contributed by atoms with Crippen LogP contribution in [0, 0.1) is 0 Å².